The Bertz CT molecular complexity index is 1070. The Balaban J connectivity index is 1.75. The Morgan fingerprint density at radius 1 is 1.15 bits per heavy atom. The lowest BCUT2D eigenvalue weighted by Crippen LogP contribution is -2.56. The fraction of sp³-hybridized carbons (Fsp3) is 0.444. The first-order chi connectivity index (χ1) is 16.3. The molecule has 2 amide bonds. The number of carboxylic acids is 1. The summed E-state index contributed by atoms with van der Waals surface area (Å²) in [4.78, 5) is 40.3. The van der Waals surface area contributed by atoms with Crippen molar-refractivity contribution in [3.05, 3.63) is 59.7 Å². The molecule has 34 heavy (non-hydrogen) atoms. The Morgan fingerprint density at radius 3 is 2.56 bits per heavy atom. The van der Waals surface area contributed by atoms with E-state index in [0.717, 1.165) is 35.1 Å². The summed E-state index contributed by atoms with van der Waals surface area (Å²) in [5.74, 6) is -1.56. The summed E-state index contributed by atoms with van der Waals surface area (Å²) in [5, 5.41) is 12.3. The Hall–Kier alpha value is -2.80. The largest absolute Gasteiger partial charge is 0.480 e. The summed E-state index contributed by atoms with van der Waals surface area (Å²) in [5.41, 5.74) is 4.03. The van der Waals surface area contributed by atoms with Gasteiger partial charge < -0.3 is 15.3 Å². The SMILES string of the molecule is CC[C@@H](C)[C@@H](S)C(=O)N[C@@H]1Cc2ccc(-c3ccccc3)cc2[C@@H]2CCC[C@H](C(=O)O)N2C1=O. The summed E-state index contributed by atoms with van der Waals surface area (Å²) in [6, 6.07) is 14.1. The van der Waals surface area contributed by atoms with Crippen molar-refractivity contribution in [2.45, 2.75) is 69.3 Å². The fourth-order valence-corrected chi connectivity index (χ4v) is 5.38. The van der Waals surface area contributed by atoms with Crippen LogP contribution in [0, 0.1) is 5.92 Å². The zero-order valence-electron chi connectivity index (χ0n) is 19.6. The fourth-order valence-electron chi connectivity index (χ4n) is 5.09. The lowest BCUT2D eigenvalue weighted by molar-refractivity contribution is -0.156. The van der Waals surface area contributed by atoms with E-state index in [9.17, 15) is 19.5 Å². The van der Waals surface area contributed by atoms with Crippen LogP contribution in [0.3, 0.4) is 0 Å². The molecule has 4 rings (SSSR count). The highest BCUT2D eigenvalue weighted by molar-refractivity contribution is 7.81. The van der Waals surface area contributed by atoms with Gasteiger partial charge in [0.15, 0.2) is 0 Å². The molecule has 0 bridgehead atoms. The second-order valence-corrected chi connectivity index (χ2v) is 9.98. The number of hydrogen-bond donors (Lipinski definition) is 3. The number of rotatable bonds is 6. The van der Waals surface area contributed by atoms with Crippen molar-refractivity contribution < 1.29 is 19.5 Å². The molecule has 2 N–H and O–H groups in total. The van der Waals surface area contributed by atoms with E-state index in [-0.39, 0.29) is 23.8 Å². The van der Waals surface area contributed by atoms with Gasteiger partial charge in [-0.05, 0) is 53.5 Å². The monoisotopic (exact) mass is 480 g/mol. The zero-order valence-corrected chi connectivity index (χ0v) is 20.5. The number of nitrogens with zero attached hydrogens (tertiary/aromatic N) is 1. The summed E-state index contributed by atoms with van der Waals surface area (Å²) < 4.78 is 0. The number of fused-ring (bicyclic) bond motifs is 3. The van der Waals surface area contributed by atoms with E-state index in [2.05, 4.69) is 24.0 Å². The maximum atomic E-state index is 13.7. The van der Waals surface area contributed by atoms with E-state index >= 15 is 0 Å². The second-order valence-electron chi connectivity index (χ2n) is 9.42. The van der Waals surface area contributed by atoms with Gasteiger partial charge in [0.05, 0.1) is 11.3 Å². The molecule has 1 saturated heterocycles. The van der Waals surface area contributed by atoms with Crippen molar-refractivity contribution in [3.63, 3.8) is 0 Å². The number of carbonyl (C=O) groups is 3. The van der Waals surface area contributed by atoms with E-state index in [1.54, 1.807) is 0 Å². The van der Waals surface area contributed by atoms with Crippen molar-refractivity contribution in [2.24, 2.45) is 5.92 Å². The zero-order chi connectivity index (χ0) is 24.4. The van der Waals surface area contributed by atoms with E-state index in [4.69, 9.17) is 0 Å². The van der Waals surface area contributed by atoms with Crippen LogP contribution in [-0.2, 0) is 20.8 Å². The lowest BCUT2D eigenvalue weighted by atomic mass is 9.87. The van der Waals surface area contributed by atoms with Crippen molar-refractivity contribution in [3.8, 4) is 11.1 Å². The number of thiol groups is 1. The van der Waals surface area contributed by atoms with Gasteiger partial charge in [-0.2, -0.15) is 12.6 Å². The molecule has 0 spiro atoms. The van der Waals surface area contributed by atoms with Gasteiger partial charge in [-0.1, -0.05) is 62.7 Å². The third-order valence-electron chi connectivity index (χ3n) is 7.27. The van der Waals surface area contributed by atoms with Crippen LogP contribution in [-0.4, -0.2) is 45.1 Å². The molecule has 0 saturated carbocycles. The Labute approximate surface area is 206 Å². The van der Waals surface area contributed by atoms with Crippen LogP contribution in [0.1, 0.15) is 56.7 Å². The number of carbonyl (C=O) groups excluding carboxylic acids is 2. The van der Waals surface area contributed by atoms with Crippen LogP contribution in [0.25, 0.3) is 11.1 Å². The maximum absolute atomic E-state index is 13.7. The van der Waals surface area contributed by atoms with Gasteiger partial charge in [0.2, 0.25) is 11.8 Å². The van der Waals surface area contributed by atoms with Gasteiger partial charge in [-0.25, -0.2) is 4.79 Å². The summed E-state index contributed by atoms with van der Waals surface area (Å²) in [7, 11) is 0. The van der Waals surface area contributed by atoms with E-state index < -0.39 is 23.3 Å². The topological polar surface area (TPSA) is 86.7 Å². The molecule has 0 unspecified atom stereocenters. The highest BCUT2D eigenvalue weighted by Gasteiger charge is 2.45. The third kappa shape index (κ3) is 4.71. The molecule has 180 valence electrons. The first-order valence-corrected chi connectivity index (χ1v) is 12.5. The van der Waals surface area contributed by atoms with Crippen LogP contribution in [0.15, 0.2) is 48.5 Å². The van der Waals surface area contributed by atoms with E-state index in [1.165, 1.54) is 4.90 Å². The van der Waals surface area contributed by atoms with E-state index in [0.29, 0.717) is 19.3 Å². The number of carboxylic acid groups (broad SMARTS) is 1. The second kappa shape index (κ2) is 10.2. The van der Waals surface area contributed by atoms with Crippen LogP contribution in [0.4, 0.5) is 0 Å². The van der Waals surface area contributed by atoms with Crippen LogP contribution >= 0.6 is 12.6 Å². The molecule has 2 aliphatic heterocycles. The summed E-state index contributed by atoms with van der Waals surface area (Å²) in [6.45, 7) is 3.95. The first-order valence-electron chi connectivity index (χ1n) is 12.0. The third-order valence-corrected chi connectivity index (χ3v) is 8.01. The minimum absolute atomic E-state index is 0.0550. The van der Waals surface area contributed by atoms with Crippen molar-refractivity contribution in [1.82, 2.24) is 10.2 Å². The van der Waals surface area contributed by atoms with Gasteiger partial charge in [0, 0.05) is 6.42 Å². The van der Waals surface area contributed by atoms with Crippen molar-refractivity contribution in [1.29, 1.82) is 0 Å². The number of benzene rings is 2. The molecule has 0 radical (unpaired) electrons. The molecule has 0 aliphatic carbocycles. The Kier molecular flexibility index (Phi) is 7.31. The van der Waals surface area contributed by atoms with Crippen molar-refractivity contribution in [2.75, 3.05) is 0 Å². The number of piperidine rings is 1. The van der Waals surface area contributed by atoms with Gasteiger partial charge in [-0.15, -0.1) is 0 Å². The smallest absolute Gasteiger partial charge is 0.326 e. The van der Waals surface area contributed by atoms with E-state index in [1.807, 2.05) is 56.3 Å². The summed E-state index contributed by atoms with van der Waals surface area (Å²) >= 11 is 4.48. The average Bonchev–Trinajstić information content (AvgIpc) is 2.97. The highest BCUT2D eigenvalue weighted by atomic mass is 32.1. The molecular formula is C27H32N2O4S. The molecule has 2 aromatic rings. The van der Waals surface area contributed by atoms with Crippen molar-refractivity contribution >= 4 is 30.4 Å². The first kappa shape index (κ1) is 24.3. The number of nitrogens with one attached hydrogen (secondary N) is 1. The molecule has 2 aromatic carbocycles. The minimum atomic E-state index is -1.00. The maximum Gasteiger partial charge on any atom is 0.326 e. The van der Waals surface area contributed by atoms with Gasteiger partial charge >= 0.3 is 5.97 Å². The number of hydrogen-bond acceptors (Lipinski definition) is 4. The van der Waals surface area contributed by atoms with Crippen LogP contribution < -0.4 is 5.32 Å². The van der Waals surface area contributed by atoms with Crippen LogP contribution in [0.2, 0.25) is 0 Å². The lowest BCUT2D eigenvalue weighted by Gasteiger charge is -2.40. The molecule has 5 atom stereocenters. The van der Waals surface area contributed by atoms with Gasteiger partial charge in [0.25, 0.3) is 0 Å². The normalized spacial score (nSPS) is 23.8. The highest BCUT2D eigenvalue weighted by Crippen LogP contribution is 2.41. The quantitative estimate of drug-likeness (QED) is 0.540. The van der Waals surface area contributed by atoms with Crippen LogP contribution in [0.5, 0.6) is 0 Å². The summed E-state index contributed by atoms with van der Waals surface area (Å²) in [6.07, 6.45) is 2.96. The number of aliphatic carboxylic acids is 1. The molecule has 7 heteroatoms. The molecule has 6 nitrogen and oxygen atoms in total. The van der Waals surface area contributed by atoms with Gasteiger partial charge in [0.1, 0.15) is 12.1 Å². The molecule has 0 aromatic heterocycles. The predicted octanol–water partition coefficient (Wildman–Crippen LogP) is 4.25. The predicted molar refractivity (Wildman–Crippen MR) is 135 cm³/mol. The molecule has 2 heterocycles. The minimum Gasteiger partial charge on any atom is -0.480 e. The molecule has 1 fully saturated rings. The molecule has 2 aliphatic rings. The Morgan fingerprint density at radius 2 is 1.88 bits per heavy atom. The standard InChI is InChI=1S/C27H32N2O4S/c1-3-16(2)24(34)25(30)28-21-15-19-13-12-18(17-8-5-4-6-9-17)14-20(19)22-10-7-11-23(27(32)33)29(22)26(21)31/h4-6,8-9,12-14,16,21-24,34H,3,7,10-11,15H2,1-2H3,(H,28,30)(H,32,33)/t16-,21-,22+,23-,24-/m1/s1. The van der Waals surface area contributed by atoms with Gasteiger partial charge in [-0.3, -0.25) is 9.59 Å². The molecular weight excluding hydrogens is 448 g/mol. The average molecular weight is 481 g/mol. The number of amides is 2.